The van der Waals surface area contributed by atoms with Gasteiger partial charge in [0.2, 0.25) is 5.95 Å². The van der Waals surface area contributed by atoms with E-state index >= 15 is 0 Å². The Balaban J connectivity index is 1.93. The summed E-state index contributed by atoms with van der Waals surface area (Å²) in [5, 5.41) is 4.03. The van der Waals surface area contributed by atoms with Crippen LogP contribution < -0.4 is 10.2 Å². The Morgan fingerprint density at radius 1 is 0.958 bits per heavy atom. The molecule has 0 aliphatic carbocycles. The zero-order valence-electron chi connectivity index (χ0n) is 13.9. The zero-order chi connectivity index (χ0) is 17.1. The van der Waals surface area contributed by atoms with Crippen LogP contribution in [-0.4, -0.2) is 17.0 Å². The fraction of sp³-hybridized carbons (Fsp3) is 0.158. The molecular formula is C19H19ClN4. The number of para-hydroxylation sites is 1. The molecule has 0 unspecified atom stereocenters. The van der Waals surface area contributed by atoms with E-state index in [0.717, 1.165) is 28.5 Å². The Kier molecular flexibility index (Phi) is 4.67. The van der Waals surface area contributed by atoms with Crippen molar-refractivity contribution in [2.24, 2.45) is 0 Å². The third-order valence-corrected chi connectivity index (χ3v) is 3.98. The van der Waals surface area contributed by atoms with Gasteiger partial charge >= 0.3 is 0 Å². The second kappa shape index (κ2) is 6.89. The Labute approximate surface area is 147 Å². The number of halogens is 1. The van der Waals surface area contributed by atoms with E-state index < -0.39 is 0 Å². The zero-order valence-corrected chi connectivity index (χ0v) is 14.7. The first kappa shape index (κ1) is 16.3. The van der Waals surface area contributed by atoms with Gasteiger partial charge in [0.05, 0.1) is 0 Å². The lowest BCUT2D eigenvalue weighted by Crippen LogP contribution is -2.14. The largest absolute Gasteiger partial charge is 0.340 e. The lowest BCUT2D eigenvalue weighted by Gasteiger charge is -2.19. The molecule has 24 heavy (non-hydrogen) atoms. The highest BCUT2D eigenvalue weighted by Crippen LogP contribution is 2.26. The summed E-state index contributed by atoms with van der Waals surface area (Å²) in [6, 6.07) is 17.7. The number of aryl methyl sites for hydroxylation is 2. The fourth-order valence-corrected chi connectivity index (χ4v) is 2.57. The van der Waals surface area contributed by atoms with Crippen LogP contribution in [-0.2, 0) is 0 Å². The van der Waals surface area contributed by atoms with Crippen molar-refractivity contribution >= 4 is 34.7 Å². The van der Waals surface area contributed by atoms with Crippen LogP contribution in [0.25, 0.3) is 0 Å². The van der Waals surface area contributed by atoms with Crippen molar-refractivity contribution in [1.82, 2.24) is 9.97 Å². The number of benzene rings is 2. The molecule has 0 fully saturated rings. The summed E-state index contributed by atoms with van der Waals surface area (Å²) in [5.74, 6) is 1.38. The molecule has 0 aliphatic heterocycles. The van der Waals surface area contributed by atoms with Crippen LogP contribution in [0, 0.1) is 13.8 Å². The number of hydrogen-bond acceptors (Lipinski definition) is 4. The Morgan fingerprint density at radius 2 is 1.71 bits per heavy atom. The standard InChI is InChI=1S/C19H19ClN4/c1-13-9-10-15(20)12-17(13)22-18-11-14(2)21-19(23-18)24(3)16-7-5-4-6-8-16/h4-12H,1-3H3,(H,21,22,23). The molecule has 5 heteroatoms. The van der Waals surface area contributed by atoms with Crippen LogP contribution in [0.2, 0.25) is 5.02 Å². The summed E-state index contributed by atoms with van der Waals surface area (Å²) >= 11 is 6.10. The minimum atomic E-state index is 0.642. The van der Waals surface area contributed by atoms with Gasteiger partial charge in [-0.1, -0.05) is 35.9 Å². The lowest BCUT2D eigenvalue weighted by molar-refractivity contribution is 1.02. The van der Waals surface area contributed by atoms with E-state index in [4.69, 9.17) is 11.6 Å². The molecule has 0 atom stereocenters. The number of nitrogens with zero attached hydrogens (tertiary/aromatic N) is 3. The van der Waals surface area contributed by atoms with Gasteiger partial charge < -0.3 is 10.2 Å². The molecule has 0 spiro atoms. The van der Waals surface area contributed by atoms with Gasteiger partial charge in [-0.05, 0) is 43.7 Å². The van der Waals surface area contributed by atoms with Crippen LogP contribution in [0.5, 0.6) is 0 Å². The van der Waals surface area contributed by atoms with Gasteiger partial charge in [-0.25, -0.2) is 4.98 Å². The Morgan fingerprint density at radius 3 is 2.46 bits per heavy atom. The van der Waals surface area contributed by atoms with Gasteiger partial charge in [-0.15, -0.1) is 0 Å². The van der Waals surface area contributed by atoms with E-state index in [2.05, 4.69) is 15.3 Å². The Hall–Kier alpha value is -2.59. The maximum Gasteiger partial charge on any atom is 0.231 e. The molecule has 1 N–H and O–H groups in total. The molecule has 1 aromatic heterocycles. The van der Waals surface area contributed by atoms with E-state index in [-0.39, 0.29) is 0 Å². The van der Waals surface area contributed by atoms with E-state index in [9.17, 15) is 0 Å². The number of nitrogens with one attached hydrogen (secondary N) is 1. The van der Waals surface area contributed by atoms with Gasteiger partial charge in [-0.3, -0.25) is 0 Å². The molecule has 3 aromatic rings. The average Bonchev–Trinajstić information content (AvgIpc) is 2.58. The van der Waals surface area contributed by atoms with Gasteiger partial charge in [0.15, 0.2) is 0 Å². The molecule has 1 heterocycles. The van der Waals surface area contributed by atoms with Crippen molar-refractivity contribution in [3.63, 3.8) is 0 Å². The minimum absolute atomic E-state index is 0.642. The van der Waals surface area contributed by atoms with E-state index in [0.29, 0.717) is 11.0 Å². The maximum atomic E-state index is 6.10. The van der Waals surface area contributed by atoms with Crippen molar-refractivity contribution in [3.8, 4) is 0 Å². The molecule has 0 saturated heterocycles. The topological polar surface area (TPSA) is 41.1 Å². The monoisotopic (exact) mass is 338 g/mol. The highest BCUT2D eigenvalue weighted by atomic mass is 35.5. The predicted octanol–water partition coefficient (Wildman–Crippen LogP) is 5.26. The van der Waals surface area contributed by atoms with Crippen LogP contribution in [0.1, 0.15) is 11.3 Å². The average molecular weight is 339 g/mol. The maximum absolute atomic E-state index is 6.10. The number of hydrogen-bond donors (Lipinski definition) is 1. The predicted molar refractivity (Wildman–Crippen MR) is 101 cm³/mol. The van der Waals surface area contributed by atoms with Crippen molar-refractivity contribution in [2.45, 2.75) is 13.8 Å². The number of rotatable bonds is 4. The summed E-state index contributed by atoms with van der Waals surface area (Å²) in [7, 11) is 1.96. The van der Waals surface area contributed by atoms with Crippen molar-refractivity contribution in [3.05, 3.63) is 70.9 Å². The second-order valence-corrected chi connectivity index (χ2v) is 6.11. The molecule has 3 rings (SSSR count). The third kappa shape index (κ3) is 3.66. The molecule has 4 nitrogen and oxygen atoms in total. The molecule has 0 bridgehead atoms. The van der Waals surface area contributed by atoms with E-state index in [1.807, 2.05) is 80.4 Å². The molecule has 0 aliphatic rings. The molecule has 0 radical (unpaired) electrons. The van der Waals surface area contributed by atoms with Crippen molar-refractivity contribution in [2.75, 3.05) is 17.3 Å². The number of aromatic nitrogens is 2. The van der Waals surface area contributed by atoms with Crippen LogP contribution in [0.15, 0.2) is 54.6 Å². The fourth-order valence-electron chi connectivity index (χ4n) is 2.40. The summed E-state index contributed by atoms with van der Waals surface area (Å²) in [6.07, 6.45) is 0. The smallest absolute Gasteiger partial charge is 0.231 e. The lowest BCUT2D eigenvalue weighted by atomic mass is 10.2. The second-order valence-electron chi connectivity index (χ2n) is 5.67. The van der Waals surface area contributed by atoms with Crippen molar-refractivity contribution in [1.29, 1.82) is 0 Å². The Bertz CT molecular complexity index is 849. The molecule has 0 amide bonds. The molecular weight excluding hydrogens is 320 g/mol. The summed E-state index contributed by atoms with van der Waals surface area (Å²) in [6.45, 7) is 3.99. The van der Waals surface area contributed by atoms with Gasteiger partial charge in [0, 0.05) is 35.2 Å². The quantitative estimate of drug-likeness (QED) is 0.704. The van der Waals surface area contributed by atoms with E-state index in [1.165, 1.54) is 0 Å². The number of anilines is 4. The van der Waals surface area contributed by atoms with Crippen LogP contribution >= 0.6 is 11.6 Å². The summed E-state index contributed by atoms with van der Waals surface area (Å²) < 4.78 is 0. The van der Waals surface area contributed by atoms with Crippen LogP contribution in [0.3, 0.4) is 0 Å². The summed E-state index contributed by atoms with van der Waals surface area (Å²) in [4.78, 5) is 11.1. The minimum Gasteiger partial charge on any atom is -0.340 e. The highest BCUT2D eigenvalue weighted by Gasteiger charge is 2.10. The first-order valence-electron chi connectivity index (χ1n) is 7.70. The van der Waals surface area contributed by atoms with Crippen LogP contribution in [0.4, 0.5) is 23.1 Å². The van der Waals surface area contributed by atoms with Gasteiger partial charge in [0.1, 0.15) is 5.82 Å². The highest BCUT2D eigenvalue weighted by molar-refractivity contribution is 6.30. The van der Waals surface area contributed by atoms with Crippen molar-refractivity contribution < 1.29 is 0 Å². The first-order chi connectivity index (χ1) is 11.5. The van der Waals surface area contributed by atoms with Gasteiger partial charge in [-0.2, -0.15) is 4.98 Å². The molecule has 0 saturated carbocycles. The normalized spacial score (nSPS) is 10.5. The molecule has 2 aromatic carbocycles. The molecule has 122 valence electrons. The third-order valence-electron chi connectivity index (χ3n) is 3.75. The van der Waals surface area contributed by atoms with Gasteiger partial charge in [0.25, 0.3) is 0 Å². The SMILES string of the molecule is Cc1cc(Nc2cc(Cl)ccc2C)nc(N(C)c2ccccc2)n1. The van der Waals surface area contributed by atoms with E-state index in [1.54, 1.807) is 0 Å². The summed E-state index contributed by atoms with van der Waals surface area (Å²) in [5.41, 5.74) is 3.97. The first-order valence-corrected chi connectivity index (χ1v) is 8.08.